The van der Waals surface area contributed by atoms with Crippen LogP contribution in [0.3, 0.4) is 0 Å². The third kappa shape index (κ3) is 3.13. The third-order valence-corrected chi connectivity index (χ3v) is 3.20. The Hall–Kier alpha value is -1.75. The number of carbonyl (C=O) groups excluding carboxylic acids is 1. The maximum absolute atomic E-state index is 11.9. The second-order valence-electron chi connectivity index (χ2n) is 4.72. The first-order valence-electron chi connectivity index (χ1n) is 6.06. The quantitative estimate of drug-likeness (QED) is 0.634. The second-order valence-corrected chi connectivity index (χ2v) is 4.72. The van der Waals surface area contributed by atoms with Gasteiger partial charge in [0.25, 0.3) is 5.91 Å². The first kappa shape index (κ1) is 12.7. The van der Waals surface area contributed by atoms with Gasteiger partial charge in [-0.05, 0) is 37.8 Å². The number of phenols is 2. The number of amides is 1. The largest absolute Gasteiger partial charge is 0.508 e. The van der Waals surface area contributed by atoms with Crippen LogP contribution in [0.1, 0.15) is 36.0 Å². The van der Waals surface area contributed by atoms with Gasteiger partial charge in [-0.25, -0.2) is 0 Å². The highest BCUT2D eigenvalue weighted by molar-refractivity contribution is 5.95. The van der Waals surface area contributed by atoms with Gasteiger partial charge in [-0.2, -0.15) is 0 Å². The zero-order valence-corrected chi connectivity index (χ0v) is 9.97. The summed E-state index contributed by atoms with van der Waals surface area (Å²) in [6.45, 7) is 0. The smallest absolute Gasteiger partial charge is 0.251 e. The van der Waals surface area contributed by atoms with Crippen LogP contribution in [0.2, 0.25) is 0 Å². The van der Waals surface area contributed by atoms with E-state index >= 15 is 0 Å². The first-order chi connectivity index (χ1) is 8.54. The summed E-state index contributed by atoms with van der Waals surface area (Å²) in [4.78, 5) is 11.9. The molecule has 1 fully saturated rings. The Bertz CT molecular complexity index is 418. The summed E-state index contributed by atoms with van der Waals surface area (Å²) in [7, 11) is 0. The number of nitrogens with one attached hydrogen (secondary N) is 1. The Kier molecular flexibility index (Phi) is 3.72. The predicted octanol–water partition coefficient (Wildman–Crippen LogP) is 1.13. The van der Waals surface area contributed by atoms with Crippen LogP contribution in [0.15, 0.2) is 18.2 Å². The van der Waals surface area contributed by atoms with Crippen molar-refractivity contribution in [2.75, 3.05) is 0 Å². The van der Waals surface area contributed by atoms with E-state index in [9.17, 15) is 20.1 Å². The highest BCUT2D eigenvalue weighted by atomic mass is 16.3. The molecule has 18 heavy (non-hydrogen) atoms. The number of aliphatic hydroxyl groups excluding tert-OH is 1. The molecule has 0 bridgehead atoms. The van der Waals surface area contributed by atoms with E-state index in [4.69, 9.17) is 0 Å². The minimum Gasteiger partial charge on any atom is -0.508 e. The van der Waals surface area contributed by atoms with Crippen LogP contribution in [-0.4, -0.2) is 33.4 Å². The second kappa shape index (κ2) is 5.27. The maximum Gasteiger partial charge on any atom is 0.251 e. The van der Waals surface area contributed by atoms with Gasteiger partial charge in [-0.3, -0.25) is 4.79 Å². The molecule has 0 unspecified atom stereocenters. The minimum atomic E-state index is -0.317. The predicted molar refractivity (Wildman–Crippen MR) is 65.5 cm³/mol. The Morgan fingerprint density at radius 2 is 1.61 bits per heavy atom. The van der Waals surface area contributed by atoms with E-state index in [1.54, 1.807) is 0 Å². The summed E-state index contributed by atoms with van der Waals surface area (Å²) in [6.07, 6.45) is 2.62. The molecule has 1 saturated carbocycles. The molecule has 98 valence electrons. The summed E-state index contributed by atoms with van der Waals surface area (Å²) in [5.41, 5.74) is 0.235. The molecule has 1 aromatic rings. The molecule has 0 spiro atoms. The Morgan fingerprint density at radius 1 is 1.06 bits per heavy atom. The lowest BCUT2D eigenvalue weighted by Crippen LogP contribution is -2.38. The molecular formula is C13H17NO4. The standard InChI is InChI=1S/C13H17NO4/c15-10-3-1-9(2-4-10)14-13(18)8-5-11(16)7-12(17)6-8/h5-7,9-10,15-17H,1-4H2,(H,14,18). The molecule has 1 amide bonds. The monoisotopic (exact) mass is 251 g/mol. The van der Waals surface area contributed by atoms with Crippen LogP contribution >= 0.6 is 0 Å². The van der Waals surface area contributed by atoms with Crippen molar-refractivity contribution in [3.63, 3.8) is 0 Å². The van der Waals surface area contributed by atoms with Gasteiger partial charge >= 0.3 is 0 Å². The van der Waals surface area contributed by atoms with Crippen LogP contribution in [0, 0.1) is 0 Å². The van der Waals surface area contributed by atoms with Crippen molar-refractivity contribution >= 4 is 5.91 Å². The first-order valence-corrected chi connectivity index (χ1v) is 6.06. The number of hydrogen-bond acceptors (Lipinski definition) is 4. The topological polar surface area (TPSA) is 89.8 Å². The minimum absolute atomic E-state index is 0.0467. The number of rotatable bonds is 2. The van der Waals surface area contributed by atoms with E-state index < -0.39 is 0 Å². The van der Waals surface area contributed by atoms with Gasteiger partial charge in [-0.15, -0.1) is 0 Å². The molecule has 1 aromatic carbocycles. The Morgan fingerprint density at radius 3 is 2.17 bits per heavy atom. The average molecular weight is 251 g/mol. The summed E-state index contributed by atoms with van der Waals surface area (Å²) in [5, 5.41) is 30.8. The van der Waals surface area contributed by atoms with E-state index in [1.165, 1.54) is 18.2 Å². The third-order valence-electron chi connectivity index (χ3n) is 3.20. The number of benzene rings is 1. The summed E-state index contributed by atoms with van der Waals surface area (Å²) >= 11 is 0. The molecule has 4 N–H and O–H groups in total. The SMILES string of the molecule is O=C(NC1CCC(O)CC1)c1cc(O)cc(O)c1. The average Bonchev–Trinajstić information content (AvgIpc) is 2.31. The van der Waals surface area contributed by atoms with Crippen molar-refractivity contribution in [2.24, 2.45) is 0 Å². The normalized spacial score (nSPS) is 23.6. The lowest BCUT2D eigenvalue weighted by atomic mass is 9.93. The van der Waals surface area contributed by atoms with Crippen molar-refractivity contribution in [3.05, 3.63) is 23.8 Å². The molecule has 0 saturated heterocycles. The van der Waals surface area contributed by atoms with Crippen LogP contribution in [0.5, 0.6) is 11.5 Å². The van der Waals surface area contributed by atoms with E-state index in [0.29, 0.717) is 12.8 Å². The van der Waals surface area contributed by atoms with Crippen LogP contribution in [-0.2, 0) is 0 Å². The fourth-order valence-electron chi connectivity index (χ4n) is 2.22. The summed E-state index contributed by atoms with van der Waals surface area (Å²) < 4.78 is 0. The molecule has 0 radical (unpaired) electrons. The molecule has 1 aliphatic carbocycles. The molecule has 0 atom stereocenters. The molecule has 0 heterocycles. The fourth-order valence-corrected chi connectivity index (χ4v) is 2.22. The van der Waals surface area contributed by atoms with Gasteiger partial charge in [0.2, 0.25) is 0 Å². The van der Waals surface area contributed by atoms with Crippen LogP contribution in [0.25, 0.3) is 0 Å². The Balaban J connectivity index is 1.99. The van der Waals surface area contributed by atoms with Crippen LogP contribution < -0.4 is 5.32 Å². The van der Waals surface area contributed by atoms with Crippen molar-refractivity contribution in [2.45, 2.75) is 37.8 Å². The van der Waals surface area contributed by atoms with E-state index in [2.05, 4.69) is 5.32 Å². The number of phenolic OH excluding ortho intramolecular Hbond substituents is 2. The van der Waals surface area contributed by atoms with E-state index in [0.717, 1.165) is 12.8 Å². The lowest BCUT2D eigenvalue weighted by molar-refractivity contribution is 0.0867. The molecule has 2 rings (SSSR count). The van der Waals surface area contributed by atoms with Crippen LogP contribution in [0.4, 0.5) is 0 Å². The summed E-state index contributed by atoms with van der Waals surface area (Å²) in [6, 6.07) is 3.85. The van der Waals surface area contributed by atoms with Gasteiger partial charge < -0.3 is 20.6 Å². The molecular weight excluding hydrogens is 234 g/mol. The van der Waals surface area contributed by atoms with Crippen molar-refractivity contribution in [1.29, 1.82) is 0 Å². The van der Waals surface area contributed by atoms with Gasteiger partial charge in [0, 0.05) is 17.7 Å². The Labute approximate surface area is 105 Å². The van der Waals surface area contributed by atoms with Crippen molar-refractivity contribution in [3.8, 4) is 11.5 Å². The van der Waals surface area contributed by atoms with E-state index in [-0.39, 0.29) is 35.1 Å². The number of hydrogen-bond donors (Lipinski definition) is 4. The lowest BCUT2D eigenvalue weighted by Gasteiger charge is -2.26. The van der Waals surface area contributed by atoms with Crippen molar-refractivity contribution in [1.82, 2.24) is 5.32 Å². The number of carbonyl (C=O) groups is 1. The molecule has 0 aliphatic heterocycles. The van der Waals surface area contributed by atoms with E-state index in [1.807, 2.05) is 0 Å². The molecule has 5 nitrogen and oxygen atoms in total. The number of aliphatic hydroxyl groups is 1. The zero-order chi connectivity index (χ0) is 13.1. The maximum atomic E-state index is 11.9. The molecule has 0 aromatic heterocycles. The van der Waals surface area contributed by atoms with Crippen molar-refractivity contribution < 1.29 is 20.1 Å². The van der Waals surface area contributed by atoms with Gasteiger partial charge in [0.1, 0.15) is 11.5 Å². The van der Waals surface area contributed by atoms with Gasteiger partial charge in [0.15, 0.2) is 0 Å². The molecule has 1 aliphatic rings. The zero-order valence-electron chi connectivity index (χ0n) is 9.97. The van der Waals surface area contributed by atoms with Gasteiger partial charge in [0.05, 0.1) is 6.10 Å². The fraction of sp³-hybridized carbons (Fsp3) is 0.462. The van der Waals surface area contributed by atoms with Gasteiger partial charge in [-0.1, -0.05) is 0 Å². The highest BCUT2D eigenvalue weighted by Gasteiger charge is 2.21. The number of aromatic hydroxyl groups is 2. The molecule has 5 heteroatoms. The highest BCUT2D eigenvalue weighted by Crippen LogP contribution is 2.22. The summed E-state index contributed by atoms with van der Waals surface area (Å²) in [5.74, 6) is -0.596.